The topological polar surface area (TPSA) is 79.6 Å². The van der Waals surface area contributed by atoms with Crippen molar-refractivity contribution in [1.29, 1.82) is 0 Å². The van der Waals surface area contributed by atoms with Crippen molar-refractivity contribution < 1.29 is 5.03 Å². The number of nitrogens with zero attached hydrogens (tertiary/aromatic N) is 2. The first-order valence-corrected chi connectivity index (χ1v) is 4.87. The molecule has 0 unspecified atom stereocenters. The van der Waals surface area contributed by atoms with Crippen LogP contribution in [0.3, 0.4) is 0 Å². The van der Waals surface area contributed by atoms with Crippen LogP contribution in [0, 0.1) is 16.0 Å². The van der Waals surface area contributed by atoms with E-state index in [0.717, 1.165) is 6.54 Å². The highest BCUT2D eigenvalue weighted by molar-refractivity contribution is 5.78. The Morgan fingerprint density at radius 2 is 2.21 bits per heavy atom. The van der Waals surface area contributed by atoms with Gasteiger partial charge in [0.2, 0.25) is 0 Å². The Morgan fingerprint density at radius 1 is 1.57 bits per heavy atom. The Labute approximate surface area is 82.9 Å². The number of hydrogen-bond donors (Lipinski definition) is 2. The molecule has 0 radical (unpaired) electrons. The molecular weight excluding hydrogens is 184 g/mol. The van der Waals surface area contributed by atoms with Crippen LogP contribution in [0.1, 0.15) is 25.7 Å². The SMILES string of the molecule is CNC(=N[N+](=O)[O-])NCC1CCCC1. The summed E-state index contributed by atoms with van der Waals surface area (Å²) in [5.74, 6) is 0.877. The molecule has 1 aliphatic rings. The lowest BCUT2D eigenvalue weighted by atomic mass is 10.1. The molecule has 6 nitrogen and oxygen atoms in total. The summed E-state index contributed by atoms with van der Waals surface area (Å²) < 4.78 is 0. The third-order valence-corrected chi connectivity index (χ3v) is 2.45. The summed E-state index contributed by atoms with van der Waals surface area (Å²) in [4.78, 5) is 10.1. The molecule has 0 aliphatic heterocycles. The Bertz CT molecular complexity index is 223. The van der Waals surface area contributed by atoms with Gasteiger partial charge in [-0.25, -0.2) is 10.1 Å². The van der Waals surface area contributed by atoms with E-state index < -0.39 is 5.03 Å². The molecule has 2 N–H and O–H groups in total. The van der Waals surface area contributed by atoms with E-state index in [9.17, 15) is 10.1 Å². The Hall–Kier alpha value is -1.33. The van der Waals surface area contributed by atoms with Crippen molar-refractivity contribution in [2.75, 3.05) is 13.6 Å². The molecule has 0 aromatic rings. The summed E-state index contributed by atoms with van der Waals surface area (Å²) in [7, 11) is 1.62. The number of nitro groups is 1. The van der Waals surface area contributed by atoms with Crippen LogP contribution in [-0.4, -0.2) is 24.6 Å². The number of guanidine groups is 1. The molecule has 0 atom stereocenters. The fourth-order valence-electron chi connectivity index (χ4n) is 1.71. The van der Waals surface area contributed by atoms with Crippen molar-refractivity contribution in [3.63, 3.8) is 0 Å². The maximum atomic E-state index is 10.1. The largest absolute Gasteiger partial charge is 0.354 e. The first kappa shape index (κ1) is 10.7. The van der Waals surface area contributed by atoms with Crippen molar-refractivity contribution in [3.8, 4) is 0 Å². The molecule has 0 amide bonds. The Balaban J connectivity index is 2.29. The van der Waals surface area contributed by atoms with Gasteiger partial charge in [0.05, 0.1) is 0 Å². The first-order valence-electron chi connectivity index (χ1n) is 4.87. The van der Waals surface area contributed by atoms with Crippen molar-refractivity contribution >= 4 is 5.96 Å². The third kappa shape index (κ3) is 3.59. The van der Waals surface area contributed by atoms with E-state index in [2.05, 4.69) is 15.7 Å². The molecule has 1 fully saturated rings. The van der Waals surface area contributed by atoms with Gasteiger partial charge >= 0.3 is 0 Å². The molecule has 0 saturated heterocycles. The van der Waals surface area contributed by atoms with E-state index in [-0.39, 0.29) is 5.96 Å². The standard InChI is InChI=1S/C8H16N4O2/c1-9-8(11-12(13)14)10-6-7-4-2-3-5-7/h7H,2-6H2,1H3,(H2,9,10,11). The number of hydrazone groups is 1. The molecule has 0 aromatic heterocycles. The zero-order chi connectivity index (χ0) is 10.4. The van der Waals surface area contributed by atoms with E-state index in [0.29, 0.717) is 5.92 Å². The van der Waals surface area contributed by atoms with Gasteiger partial charge < -0.3 is 10.6 Å². The number of rotatable bonds is 3. The number of nitrogens with one attached hydrogen (secondary N) is 2. The highest BCUT2D eigenvalue weighted by atomic mass is 16.7. The minimum absolute atomic E-state index is 0.238. The maximum Gasteiger partial charge on any atom is 0.268 e. The molecule has 0 bridgehead atoms. The van der Waals surface area contributed by atoms with E-state index >= 15 is 0 Å². The summed E-state index contributed by atoms with van der Waals surface area (Å²) in [5, 5.41) is 18.2. The molecule has 6 heteroatoms. The first-order chi connectivity index (χ1) is 6.72. The monoisotopic (exact) mass is 200 g/mol. The fraction of sp³-hybridized carbons (Fsp3) is 0.875. The Morgan fingerprint density at radius 3 is 2.71 bits per heavy atom. The van der Waals surface area contributed by atoms with Crippen LogP contribution < -0.4 is 10.6 Å². The van der Waals surface area contributed by atoms with Crippen LogP contribution in [0.4, 0.5) is 0 Å². The second-order valence-corrected chi connectivity index (χ2v) is 3.47. The average molecular weight is 200 g/mol. The van der Waals surface area contributed by atoms with Crippen molar-refractivity contribution in [2.24, 2.45) is 11.0 Å². The predicted octanol–water partition coefficient (Wildman–Crippen LogP) is 0.533. The van der Waals surface area contributed by atoms with Gasteiger partial charge in [0.25, 0.3) is 5.96 Å². The highest BCUT2D eigenvalue weighted by Gasteiger charge is 2.15. The second-order valence-electron chi connectivity index (χ2n) is 3.47. The quantitative estimate of drug-likeness (QED) is 0.301. The van der Waals surface area contributed by atoms with Crippen LogP contribution in [0.15, 0.2) is 5.10 Å². The van der Waals surface area contributed by atoms with Crippen molar-refractivity contribution in [1.82, 2.24) is 10.6 Å². The van der Waals surface area contributed by atoms with Gasteiger partial charge in [0.15, 0.2) is 5.03 Å². The molecule has 1 saturated carbocycles. The minimum atomic E-state index is -0.701. The summed E-state index contributed by atoms with van der Waals surface area (Å²) in [6.45, 7) is 0.771. The van der Waals surface area contributed by atoms with E-state index in [1.54, 1.807) is 7.05 Å². The highest BCUT2D eigenvalue weighted by Crippen LogP contribution is 2.23. The van der Waals surface area contributed by atoms with Gasteiger partial charge in [-0.15, -0.1) is 0 Å². The van der Waals surface area contributed by atoms with Crippen LogP contribution >= 0.6 is 0 Å². The molecule has 0 spiro atoms. The normalized spacial score (nSPS) is 18.2. The van der Waals surface area contributed by atoms with Crippen molar-refractivity contribution in [2.45, 2.75) is 25.7 Å². The molecule has 80 valence electrons. The lowest BCUT2D eigenvalue weighted by molar-refractivity contribution is -0.485. The molecular formula is C8H16N4O2. The molecule has 0 aromatic carbocycles. The van der Waals surface area contributed by atoms with Gasteiger partial charge in [-0.3, -0.25) is 0 Å². The second kappa shape index (κ2) is 5.41. The third-order valence-electron chi connectivity index (χ3n) is 2.45. The van der Waals surface area contributed by atoms with E-state index in [1.807, 2.05) is 0 Å². The fourth-order valence-corrected chi connectivity index (χ4v) is 1.71. The smallest absolute Gasteiger partial charge is 0.268 e. The lowest BCUT2D eigenvalue weighted by Gasteiger charge is -2.10. The van der Waals surface area contributed by atoms with Gasteiger partial charge in [-0.1, -0.05) is 12.8 Å². The zero-order valence-electron chi connectivity index (χ0n) is 8.32. The summed E-state index contributed by atoms with van der Waals surface area (Å²) in [6.07, 6.45) is 4.96. The predicted molar refractivity (Wildman–Crippen MR) is 53.4 cm³/mol. The lowest BCUT2D eigenvalue weighted by Crippen LogP contribution is -2.38. The summed E-state index contributed by atoms with van der Waals surface area (Å²) in [5.41, 5.74) is 0. The van der Waals surface area contributed by atoms with Gasteiger partial charge in [0, 0.05) is 13.6 Å². The molecule has 14 heavy (non-hydrogen) atoms. The number of hydrogen-bond acceptors (Lipinski definition) is 2. The summed E-state index contributed by atoms with van der Waals surface area (Å²) >= 11 is 0. The zero-order valence-corrected chi connectivity index (χ0v) is 8.32. The van der Waals surface area contributed by atoms with Crippen LogP contribution in [0.25, 0.3) is 0 Å². The Kier molecular flexibility index (Phi) is 4.15. The average Bonchev–Trinajstić information content (AvgIpc) is 2.64. The minimum Gasteiger partial charge on any atom is -0.354 e. The summed E-state index contributed by atoms with van der Waals surface area (Å²) in [6, 6.07) is 0. The van der Waals surface area contributed by atoms with Gasteiger partial charge in [-0.05, 0) is 18.8 Å². The van der Waals surface area contributed by atoms with E-state index in [4.69, 9.17) is 0 Å². The molecule has 1 aliphatic carbocycles. The van der Waals surface area contributed by atoms with Crippen molar-refractivity contribution in [3.05, 3.63) is 10.1 Å². The maximum absolute atomic E-state index is 10.1. The van der Waals surface area contributed by atoms with Crippen LogP contribution in [0.2, 0.25) is 0 Å². The van der Waals surface area contributed by atoms with Crippen LogP contribution in [-0.2, 0) is 0 Å². The molecule has 0 heterocycles. The van der Waals surface area contributed by atoms with Gasteiger partial charge in [0.1, 0.15) is 5.10 Å². The van der Waals surface area contributed by atoms with Crippen LogP contribution in [0.5, 0.6) is 0 Å². The molecule has 1 rings (SSSR count). The van der Waals surface area contributed by atoms with Gasteiger partial charge in [-0.2, -0.15) is 0 Å². The van der Waals surface area contributed by atoms with E-state index in [1.165, 1.54) is 25.7 Å².